The lowest BCUT2D eigenvalue weighted by molar-refractivity contribution is -0.134. The Balaban J connectivity index is 2.23. The number of hydrogen-bond acceptors (Lipinski definition) is 3. The number of hydrogen-bond donors (Lipinski definition) is 1. The second kappa shape index (κ2) is 3.31. The number of nitrogens with zero attached hydrogens (tertiary/aromatic N) is 1. The summed E-state index contributed by atoms with van der Waals surface area (Å²) >= 11 is 0. The molecule has 0 aliphatic carbocycles. The molecule has 0 bridgehead atoms. The fraction of sp³-hybridized carbons (Fsp3) is 0.667. The maximum atomic E-state index is 10.4. The molecule has 1 rings (SSSR count). The maximum Gasteiger partial charge on any atom is 0.298 e. The van der Waals surface area contributed by atoms with Crippen molar-refractivity contribution in [3.8, 4) is 0 Å². The van der Waals surface area contributed by atoms with E-state index in [0.717, 1.165) is 25.9 Å². The van der Waals surface area contributed by atoms with Crippen LogP contribution >= 0.6 is 0 Å². The van der Waals surface area contributed by atoms with Crippen LogP contribution in [0.5, 0.6) is 0 Å². The van der Waals surface area contributed by atoms with Crippen molar-refractivity contribution < 1.29 is 9.59 Å². The van der Waals surface area contributed by atoms with Crippen molar-refractivity contribution in [3.05, 3.63) is 0 Å². The van der Waals surface area contributed by atoms with E-state index in [0.29, 0.717) is 0 Å². The SMILES string of the molecule is O=CC(=O)NN1CCCC1. The number of aldehydes is 1. The lowest BCUT2D eigenvalue weighted by Crippen LogP contribution is -2.40. The zero-order chi connectivity index (χ0) is 7.40. The summed E-state index contributed by atoms with van der Waals surface area (Å²) < 4.78 is 0. The van der Waals surface area contributed by atoms with Crippen LogP contribution in [0.15, 0.2) is 0 Å². The van der Waals surface area contributed by atoms with Gasteiger partial charge in [-0.3, -0.25) is 15.0 Å². The van der Waals surface area contributed by atoms with Crippen LogP contribution in [-0.4, -0.2) is 30.3 Å². The second-order valence-corrected chi connectivity index (χ2v) is 2.29. The third-order valence-corrected chi connectivity index (χ3v) is 1.48. The minimum Gasteiger partial charge on any atom is -0.292 e. The highest BCUT2D eigenvalue weighted by atomic mass is 16.2. The van der Waals surface area contributed by atoms with E-state index in [1.807, 2.05) is 0 Å². The smallest absolute Gasteiger partial charge is 0.292 e. The number of amides is 1. The van der Waals surface area contributed by atoms with Crippen LogP contribution in [-0.2, 0) is 9.59 Å². The van der Waals surface area contributed by atoms with Gasteiger partial charge < -0.3 is 0 Å². The Morgan fingerprint density at radius 1 is 1.40 bits per heavy atom. The van der Waals surface area contributed by atoms with Crippen LogP contribution < -0.4 is 5.43 Å². The van der Waals surface area contributed by atoms with Crippen molar-refractivity contribution in [2.45, 2.75) is 12.8 Å². The Morgan fingerprint density at radius 2 is 2.00 bits per heavy atom. The van der Waals surface area contributed by atoms with E-state index in [1.165, 1.54) is 0 Å². The van der Waals surface area contributed by atoms with Crippen molar-refractivity contribution >= 4 is 12.2 Å². The molecule has 1 N–H and O–H groups in total. The van der Waals surface area contributed by atoms with E-state index in [1.54, 1.807) is 5.01 Å². The highest BCUT2D eigenvalue weighted by molar-refractivity contribution is 6.23. The van der Waals surface area contributed by atoms with Gasteiger partial charge in [0.25, 0.3) is 5.91 Å². The van der Waals surface area contributed by atoms with Crippen molar-refractivity contribution in [2.24, 2.45) is 0 Å². The molecule has 1 heterocycles. The summed E-state index contributed by atoms with van der Waals surface area (Å²) in [5.74, 6) is -0.554. The molecule has 0 radical (unpaired) electrons. The summed E-state index contributed by atoms with van der Waals surface area (Å²) in [6.45, 7) is 1.72. The highest BCUT2D eigenvalue weighted by Gasteiger charge is 2.12. The van der Waals surface area contributed by atoms with Crippen molar-refractivity contribution in [1.29, 1.82) is 0 Å². The highest BCUT2D eigenvalue weighted by Crippen LogP contribution is 2.02. The van der Waals surface area contributed by atoms with Crippen LogP contribution in [0.25, 0.3) is 0 Å². The van der Waals surface area contributed by atoms with Gasteiger partial charge in [0.15, 0.2) is 0 Å². The molecule has 1 saturated heterocycles. The average molecular weight is 142 g/mol. The van der Waals surface area contributed by atoms with Gasteiger partial charge in [0.2, 0.25) is 6.29 Å². The molecule has 1 aliphatic heterocycles. The second-order valence-electron chi connectivity index (χ2n) is 2.29. The summed E-state index contributed by atoms with van der Waals surface area (Å²) in [5, 5.41) is 1.76. The fourth-order valence-electron chi connectivity index (χ4n) is 1.01. The largest absolute Gasteiger partial charge is 0.298 e. The van der Waals surface area contributed by atoms with Gasteiger partial charge in [-0.05, 0) is 12.8 Å². The lowest BCUT2D eigenvalue weighted by atomic mass is 10.4. The number of rotatable bonds is 2. The van der Waals surface area contributed by atoms with Crippen molar-refractivity contribution in [2.75, 3.05) is 13.1 Å². The quantitative estimate of drug-likeness (QED) is 0.410. The molecule has 0 aromatic heterocycles. The van der Waals surface area contributed by atoms with Crippen LogP contribution in [0.1, 0.15) is 12.8 Å². The molecule has 0 saturated carbocycles. The molecule has 0 spiro atoms. The molecule has 4 heteroatoms. The molecule has 10 heavy (non-hydrogen) atoms. The summed E-state index contributed by atoms with van der Waals surface area (Å²) in [4.78, 5) is 20.3. The van der Waals surface area contributed by atoms with Gasteiger partial charge in [-0.2, -0.15) is 0 Å². The first-order valence-electron chi connectivity index (χ1n) is 3.33. The minimum absolute atomic E-state index is 0.290. The predicted molar refractivity (Wildman–Crippen MR) is 35.0 cm³/mol. The van der Waals surface area contributed by atoms with Gasteiger partial charge in [0.1, 0.15) is 0 Å². The van der Waals surface area contributed by atoms with E-state index in [-0.39, 0.29) is 6.29 Å². The Morgan fingerprint density at radius 3 is 2.50 bits per heavy atom. The molecule has 4 nitrogen and oxygen atoms in total. The Labute approximate surface area is 59.2 Å². The Hall–Kier alpha value is -0.900. The Bertz CT molecular complexity index is 141. The molecule has 1 amide bonds. The molecular formula is C6H10N2O2. The van der Waals surface area contributed by atoms with Crippen LogP contribution in [0.3, 0.4) is 0 Å². The van der Waals surface area contributed by atoms with Crippen LogP contribution in [0.4, 0.5) is 0 Å². The molecule has 0 aromatic carbocycles. The van der Waals surface area contributed by atoms with Crippen molar-refractivity contribution in [1.82, 2.24) is 10.4 Å². The first-order chi connectivity index (χ1) is 4.83. The number of nitrogens with one attached hydrogen (secondary N) is 1. The average Bonchev–Trinajstić information content (AvgIpc) is 2.40. The van der Waals surface area contributed by atoms with Gasteiger partial charge in [-0.1, -0.05) is 0 Å². The minimum atomic E-state index is -0.554. The predicted octanol–water partition coefficient (Wildman–Crippen LogP) is -0.688. The molecule has 0 aromatic rings. The van der Waals surface area contributed by atoms with E-state index in [4.69, 9.17) is 0 Å². The van der Waals surface area contributed by atoms with Gasteiger partial charge in [0.05, 0.1) is 0 Å². The summed E-state index contributed by atoms with van der Waals surface area (Å²) in [7, 11) is 0. The third kappa shape index (κ3) is 1.80. The number of hydrazine groups is 1. The number of carbonyl (C=O) groups is 2. The Kier molecular flexibility index (Phi) is 2.39. The monoisotopic (exact) mass is 142 g/mol. The van der Waals surface area contributed by atoms with Gasteiger partial charge >= 0.3 is 0 Å². The summed E-state index contributed by atoms with van der Waals surface area (Å²) in [6, 6.07) is 0. The van der Waals surface area contributed by atoms with Gasteiger partial charge in [0, 0.05) is 13.1 Å². The lowest BCUT2D eigenvalue weighted by Gasteiger charge is -2.12. The zero-order valence-electron chi connectivity index (χ0n) is 5.67. The molecule has 0 atom stereocenters. The van der Waals surface area contributed by atoms with Gasteiger partial charge in [-0.15, -0.1) is 0 Å². The van der Waals surface area contributed by atoms with Gasteiger partial charge in [-0.25, -0.2) is 5.01 Å². The normalized spacial score (nSPS) is 18.8. The maximum absolute atomic E-state index is 10.4. The molecule has 0 unspecified atom stereocenters. The zero-order valence-corrected chi connectivity index (χ0v) is 5.67. The molecule has 1 aliphatic rings. The van der Waals surface area contributed by atoms with E-state index >= 15 is 0 Å². The molecule has 1 fully saturated rings. The van der Waals surface area contributed by atoms with E-state index in [2.05, 4.69) is 5.43 Å². The number of carbonyl (C=O) groups excluding carboxylic acids is 2. The molecule has 56 valence electrons. The topological polar surface area (TPSA) is 49.4 Å². The standard InChI is InChI=1S/C6H10N2O2/c9-5-6(10)7-8-3-1-2-4-8/h5H,1-4H2,(H,7,10). The van der Waals surface area contributed by atoms with Crippen LogP contribution in [0, 0.1) is 0 Å². The van der Waals surface area contributed by atoms with E-state index in [9.17, 15) is 9.59 Å². The fourth-order valence-corrected chi connectivity index (χ4v) is 1.01. The molecular weight excluding hydrogens is 132 g/mol. The first kappa shape index (κ1) is 7.21. The van der Waals surface area contributed by atoms with E-state index < -0.39 is 5.91 Å². The first-order valence-corrected chi connectivity index (χ1v) is 3.33. The van der Waals surface area contributed by atoms with Crippen molar-refractivity contribution in [3.63, 3.8) is 0 Å². The summed E-state index contributed by atoms with van der Waals surface area (Å²) in [5.41, 5.74) is 2.45. The van der Waals surface area contributed by atoms with Crippen LogP contribution in [0.2, 0.25) is 0 Å². The third-order valence-electron chi connectivity index (χ3n) is 1.48. The summed E-state index contributed by atoms with van der Waals surface area (Å²) in [6.07, 6.45) is 2.48.